The van der Waals surface area contributed by atoms with Gasteiger partial charge in [0.05, 0.1) is 11.2 Å². The van der Waals surface area contributed by atoms with E-state index in [1.807, 2.05) is 26.8 Å². The molecule has 3 heteroatoms. The molecular weight excluding hydrogens is 156 g/mol. The monoisotopic (exact) mass is 170 g/mol. The highest BCUT2D eigenvalue weighted by Crippen LogP contribution is 2.19. The molecule has 0 spiro atoms. The minimum Gasteiger partial charge on any atom is -0.360 e. The fourth-order valence-electron chi connectivity index (χ4n) is 1.29. The molecule has 11 heavy (non-hydrogen) atoms. The third kappa shape index (κ3) is 1.44. The molecule has 2 nitrogen and oxygen atoms in total. The summed E-state index contributed by atoms with van der Waals surface area (Å²) in [5.74, 6) is 0. The number of rotatable bonds is 1. The Balaban J connectivity index is 2.90. The van der Waals surface area contributed by atoms with Crippen LogP contribution in [0.15, 0.2) is 12.7 Å². The minimum atomic E-state index is -0.237. The first-order valence-electron chi connectivity index (χ1n) is 3.65. The SMILES string of the molecule is C=CC1(C)NC(C)(C)NC1=S. The van der Waals surface area contributed by atoms with E-state index in [9.17, 15) is 0 Å². The highest BCUT2D eigenvalue weighted by molar-refractivity contribution is 7.80. The molecule has 62 valence electrons. The lowest BCUT2D eigenvalue weighted by Crippen LogP contribution is -2.47. The zero-order chi connectivity index (χ0) is 8.70. The Morgan fingerprint density at radius 1 is 1.45 bits per heavy atom. The van der Waals surface area contributed by atoms with Gasteiger partial charge in [-0.3, -0.25) is 5.32 Å². The van der Waals surface area contributed by atoms with Crippen molar-refractivity contribution < 1.29 is 0 Å². The van der Waals surface area contributed by atoms with Gasteiger partial charge in [0.1, 0.15) is 4.99 Å². The van der Waals surface area contributed by atoms with Crippen molar-refractivity contribution in [3.63, 3.8) is 0 Å². The first-order chi connectivity index (χ1) is 4.90. The number of nitrogens with one attached hydrogen (secondary N) is 2. The molecule has 0 bridgehead atoms. The lowest BCUT2D eigenvalue weighted by atomic mass is 10.0. The molecule has 2 N–H and O–H groups in total. The fraction of sp³-hybridized carbons (Fsp3) is 0.625. The van der Waals surface area contributed by atoms with Crippen LogP contribution in [0.1, 0.15) is 20.8 Å². The van der Waals surface area contributed by atoms with Crippen molar-refractivity contribution in [2.75, 3.05) is 0 Å². The summed E-state index contributed by atoms with van der Waals surface area (Å²) in [6.45, 7) is 9.86. The molecule has 0 aromatic carbocycles. The lowest BCUT2D eigenvalue weighted by Gasteiger charge is -2.22. The van der Waals surface area contributed by atoms with E-state index in [2.05, 4.69) is 17.2 Å². The van der Waals surface area contributed by atoms with Crippen LogP contribution in [0.25, 0.3) is 0 Å². The van der Waals surface area contributed by atoms with Gasteiger partial charge >= 0.3 is 0 Å². The summed E-state index contributed by atoms with van der Waals surface area (Å²) in [4.78, 5) is 0.817. The molecule has 0 saturated carbocycles. The van der Waals surface area contributed by atoms with E-state index < -0.39 is 0 Å². The molecule has 1 aliphatic rings. The van der Waals surface area contributed by atoms with Crippen LogP contribution in [0.2, 0.25) is 0 Å². The minimum absolute atomic E-state index is 0.111. The molecule has 1 aliphatic heterocycles. The Labute approximate surface area is 73.1 Å². The smallest absolute Gasteiger partial charge is 0.101 e. The predicted molar refractivity (Wildman–Crippen MR) is 51.6 cm³/mol. The van der Waals surface area contributed by atoms with Crippen LogP contribution in [0.4, 0.5) is 0 Å². The van der Waals surface area contributed by atoms with Gasteiger partial charge in [0.25, 0.3) is 0 Å². The Bertz CT molecular complexity index is 210. The summed E-state index contributed by atoms with van der Waals surface area (Å²) in [7, 11) is 0. The second-order valence-corrected chi connectivity index (χ2v) is 4.02. The van der Waals surface area contributed by atoms with E-state index in [1.165, 1.54) is 0 Å². The van der Waals surface area contributed by atoms with Crippen molar-refractivity contribution in [2.45, 2.75) is 32.0 Å². The summed E-state index contributed by atoms with van der Waals surface area (Å²) < 4.78 is 0. The molecule has 0 radical (unpaired) electrons. The van der Waals surface area contributed by atoms with Gasteiger partial charge in [-0.25, -0.2) is 0 Å². The molecule has 0 aromatic heterocycles. The summed E-state index contributed by atoms with van der Waals surface area (Å²) >= 11 is 5.16. The highest BCUT2D eigenvalue weighted by atomic mass is 32.1. The van der Waals surface area contributed by atoms with Crippen molar-refractivity contribution in [3.8, 4) is 0 Å². The van der Waals surface area contributed by atoms with Crippen molar-refractivity contribution in [3.05, 3.63) is 12.7 Å². The van der Waals surface area contributed by atoms with Crippen molar-refractivity contribution in [1.29, 1.82) is 0 Å². The standard InChI is InChI=1S/C8H14N2S/c1-5-8(4)6(11)9-7(2,3)10-8/h5,10H,1H2,2-4H3,(H,9,11). The van der Waals surface area contributed by atoms with E-state index in [4.69, 9.17) is 12.2 Å². The summed E-state index contributed by atoms with van der Waals surface area (Å²) in [5, 5.41) is 6.52. The van der Waals surface area contributed by atoms with Crippen LogP contribution in [-0.2, 0) is 0 Å². The fourth-order valence-corrected chi connectivity index (χ4v) is 1.68. The first-order valence-corrected chi connectivity index (χ1v) is 4.06. The third-order valence-corrected chi connectivity index (χ3v) is 2.40. The molecule has 1 fully saturated rings. The number of thiocarbonyl (C=S) groups is 1. The summed E-state index contributed by atoms with van der Waals surface area (Å²) in [5.41, 5.74) is -0.348. The average molecular weight is 170 g/mol. The van der Waals surface area contributed by atoms with E-state index in [-0.39, 0.29) is 11.2 Å². The highest BCUT2D eigenvalue weighted by Gasteiger charge is 2.40. The van der Waals surface area contributed by atoms with E-state index in [0.717, 1.165) is 4.99 Å². The van der Waals surface area contributed by atoms with Crippen LogP contribution in [0.5, 0.6) is 0 Å². The Hall–Kier alpha value is -0.410. The molecule has 0 amide bonds. The maximum absolute atomic E-state index is 5.16. The molecule has 1 saturated heterocycles. The zero-order valence-corrected chi connectivity index (χ0v) is 8.01. The van der Waals surface area contributed by atoms with Gasteiger partial charge in [-0.2, -0.15) is 0 Å². The summed E-state index contributed by atoms with van der Waals surface area (Å²) in [6, 6.07) is 0. The zero-order valence-electron chi connectivity index (χ0n) is 7.19. The van der Waals surface area contributed by atoms with Crippen LogP contribution in [0, 0.1) is 0 Å². The molecule has 1 rings (SSSR count). The van der Waals surface area contributed by atoms with Crippen LogP contribution in [0.3, 0.4) is 0 Å². The van der Waals surface area contributed by atoms with Gasteiger partial charge in [-0.1, -0.05) is 18.3 Å². The third-order valence-electron chi connectivity index (χ3n) is 1.88. The van der Waals surface area contributed by atoms with Gasteiger partial charge in [0.2, 0.25) is 0 Å². The lowest BCUT2D eigenvalue weighted by molar-refractivity contribution is 0.374. The second-order valence-electron chi connectivity index (χ2n) is 3.61. The molecule has 0 aromatic rings. The Kier molecular flexibility index (Phi) is 1.81. The van der Waals surface area contributed by atoms with Crippen LogP contribution in [-0.4, -0.2) is 16.2 Å². The molecular formula is C8H14N2S. The Morgan fingerprint density at radius 3 is 2.18 bits per heavy atom. The largest absolute Gasteiger partial charge is 0.360 e. The maximum Gasteiger partial charge on any atom is 0.101 e. The van der Waals surface area contributed by atoms with Gasteiger partial charge < -0.3 is 5.32 Å². The van der Waals surface area contributed by atoms with Gasteiger partial charge in [-0.15, -0.1) is 6.58 Å². The van der Waals surface area contributed by atoms with Gasteiger partial charge in [0.15, 0.2) is 0 Å². The summed E-state index contributed by atoms with van der Waals surface area (Å²) in [6.07, 6.45) is 1.83. The quantitative estimate of drug-likeness (QED) is 0.456. The molecule has 1 unspecified atom stereocenters. The van der Waals surface area contributed by atoms with Crippen molar-refractivity contribution in [2.24, 2.45) is 0 Å². The van der Waals surface area contributed by atoms with Crippen molar-refractivity contribution in [1.82, 2.24) is 10.6 Å². The average Bonchev–Trinajstić information content (AvgIpc) is 2.03. The van der Waals surface area contributed by atoms with Crippen molar-refractivity contribution >= 4 is 17.2 Å². The predicted octanol–water partition coefficient (Wildman–Crippen LogP) is 1.19. The van der Waals surface area contributed by atoms with Crippen LogP contribution < -0.4 is 10.6 Å². The number of hydrogen-bond acceptors (Lipinski definition) is 2. The van der Waals surface area contributed by atoms with E-state index >= 15 is 0 Å². The van der Waals surface area contributed by atoms with Gasteiger partial charge in [0, 0.05) is 0 Å². The maximum atomic E-state index is 5.16. The topological polar surface area (TPSA) is 24.1 Å². The normalized spacial score (nSPS) is 35.0. The first kappa shape index (κ1) is 8.68. The number of hydrogen-bond donors (Lipinski definition) is 2. The second kappa shape index (κ2) is 2.29. The molecule has 0 aliphatic carbocycles. The molecule has 1 atom stereocenters. The van der Waals surface area contributed by atoms with Crippen LogP contribution >= 0.6 is 12.2 Å². The van der Waals surface area contributed by atoms with E-state index in [1.54, 1.807) is 0 Å². The van der Waals surface area contributed by atoms with Gasteiger partial charge in [-0.05, 0) is 20.8 Å². The molecule has 1 heterocycles. The van der Waals surface area contributed by atoms with E-state index in [0.29, 0.717) is 0 Å². The Morgan fingerprint density at radius 2 is 2.00 bits per heavy atom.